The summed E-state index contributed by atoms with van der Waals surface area (Å²) in [7, 11) is 0. The van der Waals surface area contributed by atoms with Gasteiger partial charge < -0.3 is 9.59 Å². The lowest BCUT2D eigenvalue weighted by atomic mass is 10.2. The van der Waals surface area contributed by atoms with Crippen LogP contribution in [0.15, 0.2) is 0 Å². The molecule has 0 N–H and O–H groups in total. The Morgan fingerprint density at radius 2 is 1.15 bits per heavy atom. The van der Waals surface area contributed by atoms with E-state index in [9.17, 15) is 35.9 Å². The van der Waals surface area contributed by atoms with Gasteiger partial charge in [0.05, 0.1) is 0 Å². The van der Waals surface area contributed by atoms with Crippen molar-refractivity contribution in [2.45, 2.75) is 12.4 Å². The fourth-order valence-electron chi connectivity index (χ4n) is 0.245. The second-order valence-electron chi connectivity index (χ2n) is 1.78. The first kappa shape index (κ1) is 9.87. The molecule has 2 nitrogen and oxygen atoms in total. The Kier molecular flexibility index (Phi) is 2.48. The summed E-state index contributed by atoms with van der Waals surface area (Å²) in [6.45, 7) is 0. The number of carbonyl (C=O) groups excluding carboxylic acids is 2. The van der Waals surface area contributed by atoms with Crippen LogP contribution in [0.2, 0.25) is 0 Å². The highest BCUT2D eigenvalue weighted by atomic mass is 19.4. The van der Waals surface area contributed by atoms with Crippen LogP contribution in [0.4, 0.5) is 26.3 Å². The third-order valence-corrected chi connectivity index (χ3v) is 0.742. The standard InChI is InChI=1S/C5HF6O2/c6-4(7,8)2(12)1-3(13)5(9,10)11/h1H/q-1/i1D. The molecule has 0 amide bonds. The van der Waals surface area contributed by atoms with Gasteiger partial charge in [0.2, 0.25) is 0 Å². The van der Waals surface area contributed by atoms with Crippen LogP contribution in [-0.2, 0) is 9.59 Å². The van der Waals surface area contributed by atoms with Crippen molar-refractivity contribution in [3.05, 3.63) is 6.40 Å². The van der Waals surface area contributed by atoms with Gasteiger partial charge in [-0.2, -0.15) is 27.7 Å². The van der Waals surface area contributed by atoms with Crippen LogP contribution in [0.25, 0.3) is 0 Å². The summed E-state index contributed by atoms with van der Waals surface area (Å²) in [5.74, 6) is -6.22. The van der Waals surface area contributed by atoms with Crippen molar-refractivity contribution >= 4 is 11.6 Å². The van der Waals surface area contributed by atoms with Crippen molar-refractivity contribution in [1.82, 2.24) is 0 Å². The van der Waals surface area contributed by atoms with Crippen LogP contribution in [0.3, 0.4) is 0 Å². The van der Waals surface area contributed by atoms with E-state index in [4.69, 9.17) is 1.37 Å². The Morgan fingerprint density at radius 3 is 1.31 bits per heavy atom. The van der Waals surface area contributed by atoms with Gasteiger partial charge in [-0.15, -0.1) is 0 Å². The van der Waals surface area contributed by atoms with Crippen LogP contribution in [0.5, 0.6) is 0 Å². The lowest BCUT2D eigenvalue weighted by Crippen LogP contribution is -2.32. The van der Waals surface area contributed by atoms with Gasteiger partial charge in [-0.05, 0) is 0 Å². The first-order valence-electron chi connectivity index (χ1n) is 3.04. The summed E-state index contributed by atoms with van der Waals surface area (Å²) in [5, 5.41) is 0. The summed E-state index contributed by atoms with van der Waals surface area (Å²) in [4.78, 5) is 20.0. The normalized spacial score (nSPS) is 13.5. The molecule has 0 spiro atoms. The van der Waals surface area contributed by atoms with Crippen LogP contribution in [0.1, 0.15) is 1.37 Å². The molecule has 0 saturated heterocycles. The summed E-state index contributed by atoms with van der Waals surface area (Å²) < 4.78 is 74.7. The number of alkyl halides is 6. The monoisotopic (exact) mass is 208 g/mol. The van der Waals surface area contributed by atoms with E-state index in [1.807, 2.05) is 0 Å². The van der Waals surface area contributed by atoms with Gasteiger partial charge in [0.25, 0.3) is 0 Å². The zero-order chi connectivity index (χ0) is 11.7. The molecule has 0 unspecified atom stereocenters. The lowest BCUT2D eigenvalue weighted by Gasteiger charge is -2.15. The minimum atomic E-state index is -5.65. The van der Waals surface area contributed by atoms with E-state index in [1.54, 1.807) is 0 Å². The van der Waals surface area contributed by atoms with Crippen LogP contribution < -0.4 is 0 Å². The van der Waals surface area contributed by atoms with Gasteiger partial charge in [-0.3, -0.25) is 0 Å². The quantitative estimate of drug-likeness (QED) is 0.391. The molecule has 0 radical (unpaired) electrons. The zero-order valence-corrected chi connectivity index (χ0v) is 5.58. The average Bonchev–Trinajstić information content (AvgIpc) is 1.97. The lowest BCUT2D eigenvalue weighted by molar-refractivity contribution is -0.176. The van der Waals surface area contributed by atoms with Crippen molar-refractivity contribution in [1.29, 1.82) is 0 Å². The topological polar surface area (TPSA) is 34.1 Å². The zero-order valence-electron chi connectivity index (χ0n) is 6.58. The Labute approximate surface area is 68.9 Å². The minimum Gasteiger partial charge on any atom is -0.324 e. The van der Waals surface area contributed by atoms with E-state index in [0.29, 0.717) is 0 Å². The molecule has 0 heterocycles. The van der Waals surface area contributed by atoms with Gasteiger partial charge in [0.1, 0.15) is 11.6 Å². The summed E-state index contributed by atoms with van der Waals surface area (Å²) >= 11 is 0. The second kappa shape index (κ2) is 3.27. The van der Waals surface area contributed by atoms with Crippen molar-refractivity contribution in [3.8, 4) is 0 Å². The fourth-order valence-corrected chi connectivity index (χ4v) is 0.245. The van der Waals surface area contributed by atoms with Crippen LogP contribution >= 0.6 is 0 Å². The number of rotatable bonds is 2. The predicted molar refractivity (Wildman–Crippen MR) is 26.4 cm³/mol. The predicted octanol–water partition coefficient (Wildman–Crippen LogP) is 1.45. The first-order chi connectivity index (χ1) is 5.98. The highest BCUT2D eigenvalue weighted by Gasteiger charge is 2.38. The molecule has 13 heavy (non-hydrogen) atoms. The molecule has 0 fully saturated rings. The van der Waals surface area contributed by atoms with E-state index < -0.39 is 30.3 Å². The molecule has 0 aromatic heterocycles. The highest BCUT2D eigenvalue weighted by molar-refractivity contribution is 6.14. The van der Waals surface area contributed by atoms with E-state index in [0.717, 1.165) is 0 Å². The maximum Gasteiger partial charge on any atom is 0.421 e. The number of halogens is 6. The maximum absolute atomic E-state index is 11.4. The Bertz CT molecular complexity index is 228. The molecule has 0 rings (SSSR count). The summed E-state index contributed by atoms with van der Waals surface area (Å²) in [6, 6.07) is 0. The van der Waals surface area contributed by atoms with Crippen LogP contribution in [0, 0.1) is 6.40 Å². The summed E-state index contributed by atoms with van der Waals surface area (Å²) in [5.41, 5.74) is 0. The van der Waals surface area contributed by atoms with Gasteiger partial charge >= 0.3 is 12.4 Å². The molecular formula is C5HF6O2-. The van der Waals surface area contributed by atoms with Gasteiger partial charge in [0.15, 0.2) is 0 Å². The molecular weight excluding hydrogens is 206 g/mol. The fraction of sp³-hybridized carbons (Fsp3) is 0.400. The Balaban J connectivity index is 4.74. The first-order valence-corrected chi connectivity index (χ1v) is 2.54. The van der Waals surface area contributed by atoms with E-state index >= 15 is 0 Å². The number of carbonyl (C=O) groups is 2. The molecule has 0 aliphatic carbocycles. The smallest absolute Gasteiger partial charge is 0.324 e. The van der Waals surface area contributed by atoms with Gasteiger partial charge in [-0.1, -0.05) is 0 Å². The van der Waals surface area contributed by atoms with E-state index in [2.05, 4.69) is 0 Å². The van der Waals surface area contributed by atoms with Gasteiger partial charge in [-0.25, -0.2) is 6.40 Å². The van der Waals surface area contributed by atoms with Crippen molar-refractivity contribution in [3.63, 3.8) is 0 Å². The van der Waals surface area contributed by atoms with Gasteiger partial charge in [0, 0.05) is 0 Å². The van der Waals surface area contributed by atoms with E-state index in [1.165, 1.54) is 0 Å². The molecule has 0 saturated carbocycles. The number of hydrogen-bond donors (Lipinski definition) is 0. The molecule has 0 bridgehead atoms. The molecule has 0 aromatic rings. The van der Waals surface area contributed by atoms with Crippen molar-refractivity contribution in [2.75, 3.05) is 0 Å². The van der Waals surface area contributed by atoms with Crippen LogP contribution in [-0.4, -0.2) is 23.9 Å². The number of Topliss-reactive ketones (excluding diaryl/α,β-unsaturated/α-hetero) is 2. The SMILES string of the molecule is [2H][C-](C(=O)C(F)(F)F)C(=O)C(F)(F)F. The Morgan fingerprint density at radius 1 is 0.923 bits per heavy atom. The third-order valence-electron chi connectivity index (χ3n) is 0.742. The number of ketones is 2. The highest BCUT2D eigenvalue weighted by Crippen LogP contribution is 2.22. The average molecular weight is 208 g/mol. The number of hydrogen-bond acceptors (Lipinski definition) is 2. The Hall–Kier alpha value is -1.21. The largest absolute Gasteiger partial charge is 0.421 e. The molecule has 8 heteroatoms. The molecule has 0 aromatic carbocycles. The second-order valence-corrected chi connectivity index (χ2v) is 1.78. The maximum atomic E-state index is 11.4. The molecule has 76 valence electrons. The molecule has 0 aliphatic rings. The molecule has 0 atom stereocenters. The van der Waals surface area contributed by atoms with Crippen molar-refractivity contribution in [2.24, 2.45) is 0 Å². The van der Waals surface area contributed by atoms with Crippen molar-refractivity contribution < 1.29 is 37.3 Å². The third kappa shape index (κ3) is 3.81. The van der Waals surface area contributed by atoms with E-state index in [-0.39, 0.29) is 0 Å². The molecule has 0 aliphatic heterocycles. The minimum absolute atomic E-state index is 2.63. The summed E-state index contributed by atoms with van der Waals surface area (Å²) in [6.07, 6.45) is -13.9.